The molecule has 0 aliphatic rings. The van der Waals surface area contributed by atoms with E-state index >= 15 is 0 Å². The third kappa shape index (κ3) is 3.51. The summed E-state index contributed by atoms with van der Waals surface area (Å²) >= 11 is 0. The van der Waals surface area contributed by atoms with Gasteiger partial charge in [0, 0.05) is 31.5 Å². The number of aromatic nitrogens is 7. The van der Waals surface area contributed by atoms with E-state index in [2.05, 4.69) is 30.8 Å². The SMILES string of the molecule is CC(C)n1nnc(-c2cccc(Nc3ncnn4ccc(C(=O)N(C)C)c34)c2)n1. The Morgan fingerprint density at radius 1 is 1.21 bits per heavy atom. The number of benzene rings is 1. The number of anilines is 2. The Balaban J connectivity index is 1.70. The first-order valence-electron chi connectivity index (χ1n) is 9.15. The van der Waals surface area contributed by atoms with Gasteiger partial charge in [0.25, 0.3) is 5.91 Å². The molecule has 0 aliphatic carbocycles. The highest BCUT2D eigenvalue weighted by Gasteiger charge is 2.18. The third-order valence-electron chi connectivity index (χ3n) is 4.36. The van der Waals surface area contributed by atoms with E-state index in [-0.39, 0.29) is 11.9 Å². The van der Waals surface area contributed by atoms with E-state index in [1.807, 2.05) is 38.1 Å². The number of carbonyl (C=O) groups excluding carboxylic acids is 1. The van der Waals surface area contributed by atoms with E-state index in [0.29, 0.717) is 22.7 Å². The Hall–Kier alpha value is -3.82. The lowest BCUT2D eigenvalue weighted by molar-refractivity contribution is 0.0829. The molecule has 1 amide bonds. The van der Waals surface area contributed by atoms with Crippen LogP contribution >= 0.6 is 0 Å². The Bertz CT molecular complexity index is 1180. The van der Waals surface area contributed by atoms with Crippen molar-refractivity contribution in [3.8, 4) is 11.4 Å². The largest absolute Gasteiger partial charge is 0.345 e. The maximum Gasteiger partial charge on any atom is 0.255 e. The van der Waals surface area contributed by atoms with Gasteiger partial charge in [-0.05, 0) is 37.3 Å². The number of tetrazole rings is 1. The first-order chi connectivity index (χ1) is 13.9. The maximum atomic E-state index is 12.5. The van der Waals surface area contributed by atoms with E-state index < -0.39 is 0 Å². The molecule has 0 aliphatic heterocycles. The van der Waals surface area contributed by atoms with Crippen LogP contribution in [0.2, 0.25) is 0 Å². The lowest BCUT2D eigenvalue weighted by Crippen LogP contribution is -2.21. The molecule has 4 rings (SSSR count). The van der Waals surface area contributed by atoms with Crippen molar-refractivity contribution in [3.05, 3.63) is 48.4 Å². The Morgan fingerprint density at radius 2 is 2.03 bits per heavy atom. The first kappa shape index (κ1) is 18.5. The average molecular weight is 391 g/mol. The van der Waals surface area contributed by atoms with Crippen molar-refractivity contribution in [2.75, 3.05) is 19.4 Å². The zero-order chi connectivity index (χ0) is 20.5. The van der Waals surface area contributed by atoms with Crippen molar-refractivity contribution in [2.45, 2.75) is 19.9 Å². The quantitative estimate of drug-likeness (QED) is 0.557. The van der Waals surface area contributed by atoms with Crippen molar-refractivity contribution in [3.63, 3.8) is 0 Å². The minimum Gasteiger partial charge on any atom is -0.345 e. The number of carbonyl (C=O) groups is 1. The monoisotopic (exact) mass is 391 g/mol. The molecule has 0 radical (unpaired) electrons. The van der Waals surface area contributed by atoms with Crippen molar-refractivity contribution < 1.29 is 4.79 Å². The van der Waals surface area contributed by atoms with Crippen molar-refractivity contribution >= 4 is 22.9 Å². The van der Waals surface area contributed by atoms with Gasteiger partial charge in [-0.2, -0.15) is 9.90 Å². The van der Waals surface area contributed by atoms with Gasteiger partial charge in [0.1, 0.15) is 11.8 Å². The van der Waals surface area contributed by atoms with E-state index in [4.69, 9.17) is 0 Å². The molecule has 4 aromatic rings. The topological polar surface area (TPSA) is 106 Å². The van der Waals surface area contributed by atoms with Gasteiger partial charge in [-0.25, -0.2) is 9.50 Å². The molecule has 0 unspecified atom stereocenters. The van der Waals surface area contributed by atoms with E-state index in [0.717, 1.165) is 11.3 Å². The zero-order valence-electron chi connectivity index (χ0n) is 16.6. The number of nitrogens with one attached hydrogen (secondary N) is 1. The van der Waals surface area contributed by atoms with Gasteiger partial charge in [-0.1, -0.05) is 12.1 Å². The number of amides is 1. The van der Waals surface area contributed by atoms with Gasteiger partial charge >= 0.3 is 0 Å². The van der Waals surface area contributed by atoms with Gasteiger partial charge in [0.05, 0.1) is 11.6 Å². The van der Waals surface area contributed by atoms with Crippen molar-refractivity contribution in [2.24, 2.45) is 0 Å². The molecule has 1 N–H and O–H groups in total. The fourth-order valence-corrected chi connectivity index (χ4v) is 2.89. The molecule has 0 atom stereocenters. The Labute approximate surface area is 167 Å². The molecule has 3 heterocycles. The van der Waals surface area contributed by atoms with Crippen LogP contribution in [0.4, 0.5) is 11.5 Å². The highest BCUT2D eigenvalue weighted by molar-refractivity contribution is 6.03. The number of hydrogen-bond donors (Lipinski definition) is 1. The summed E-state index contributed by atoms with van der Waals surface area (Å²) in [6.45, 7) is 3.99. The summed E-state index contributed by atoms with van der Waals surface area (Å²) < 4.78 is 1.63. The molecule has 0 saturated heterocycles. The van der Waals surface area contributed by atoms with Crippen LogP contribution in [0.3, 0.4) is 0 Å². The lowest BCUT2D eigenvalue weighted by atomic mass is 10.2. The van der Waals surface area contributed by atoms with Gasteiger partial charge in [0.15, 0.2) is 5.82 Å². The summed E-state index contributed by atoms with van der Waals surface area (Å²) in [6, 6.07) is 9.51. The fourth-order valence-electron chi connectivity index (χ4n) is 2.89. The molecule has 0 fully saturated rings. The van der Waals surface area contributed by atoms with E-state index in [9.17, 15) is 4.79 Å². The summed E-state index contributed by atoms with van der Waals surface area (Å²) in [5, 5.41) is 20.1. The molecule has 29 heavy (non-hydrogen) atoms. The number of fused-ring (bicyclic) bond motifs is 1. The number of hydrogen-bond acceptors (Lipinski definition) is 7. The van der Waals surface area contributed by atoms with Gasteiger partial charge in [-0.3, -0.25) is 4.79 Å². The Morgan fingerprint density at radius 3 is 2.76 bits per heavy atom. The predicted octanol–water partition coefficient (Wildman–Crippen LogP) is 2.41. The smallest absolute Gasteiger partial charge is 0.255 e. The maximum absolute atomic E-state index is 12.5. The summed E-state index contributed by atoms with van der Waals surface area (Å²) in [6.07, 6.45) is 3.18. The second-order valence-corrected chi connectivity index (χ2v) is 7.06. The van der Waals surface area contributed by atoms with Crippen LogP contribution < -0.4 is 5.32 Å². The Kier molecular flexibility index (Phi) is 4.67. The molecular formula is C19H21N9O. The number of nitrogens with zero attached hydrogens (tertiary/aromatic N) is 8. The van der Waals surface area contributed by atoms with Crippen LogP contribution in [0.5, 0.6) is 0 Å². The summed E-state index contributed by atoms with van der Waals surface area (Å²) in [5.41, 5.74) is 2.75. The van der Waals surface area contributed by atoms with Crippen LogP contribution in [-0.2, 0) is 0 Å². The minimum atomic E-state index is -0.117. The summed E-state index contributed by atoms with van der Waals surface area (Å²) in [4.78, 5) is 20.0. The lowest BCUT2D eigenvalue weighted by Gasteiger charge is -2.12. The number of rotatable bonds is 5. The van der Waals surface area contributed by atoms with E-state index in [1.165, 1.54) is 11.2 Å². The van der Waals surface area contributed by atoms with Crippen LogP contribution in [0.15, 0.2) is 42.9 Å². The minimum absolute atomic E-state index is 0.117. The molecule has 3 aromatic heterocycles. The molecule has 10 nitrogen and oxygen atoms in total. The molecule has 0 saturated carbocycles. The first-order valence-corrected chi connectivity index (χ1v) is 9.15. The normalized spacial score (nSPS) is 11.2. The van der Waals surface area contributed by atoms with E-state index in [1.54, 1.807) is 35.7 Å². The summed E-state index contributed by atoms with van der Waals surface area (Å²) in [5.74, 6) is 0.959. The van der Waals surface area contributed by atoms with Crippen LogP contribution in [-0.4, -0.2) is 59.7 Å². The fraction of sp³-hybridized carbons (Fsp3) is 0.263. The van der Waals surface area contributed by atoms with Gasteiger partial charge in [-0.15, -0.1) is 10.2 Å². The molecule has 148 valence electrons. The standard InChI is InChI=1S/C19H21N9O/c1-12(2)28-24-17(23-25-28)13-6-5-7-14(10-13)22-18-16-15(19(29)26(3)4)8-9-27(16)21-11-20-18/h5-12H,1-4H3,(H,20,21,22). The predicted molar refractivity (Wildman–Crippen MR) is 108 cm³/mol. The van der Waals surface area contributed by atoms with Crippen molar-refractivity contribution in [1.29, 1.82) is 0 Å². The molecule has 0 spiro atoms. The molecular weight excluding hydrogens is 370 g/mol. The zero-order valence-corrected chi connectivity index (χ0v) is 16.6. The second kappa shape index (κ2) is 7.30. The van der Waals surface area contributed by atoms with Crippen LogP contribution in [0.1, 0.15) is 30.2 Å². The molecule has 1 aromatic carbocycles. The van der Waals surface area contributed by atoms with Gasteiger partial charge in [0.2, 0.25) is 5.82 Å². The van der Waals surface area contributed by atoms with Gasteiger partial charge < -0.3 is 10.2 Å². The third-order valence-corrected chi connectivity index (χ3v) is 4.36. The average Bonchev–Trinajstić information content (AvgIpc) is 3.36. The molecule has 0 bridgehead atoms. The van der Waals surface area contributed by atoms with Crippen LogP contribution in [0, 0.1) is 0 Å². The second-order valence-electron chi connectivity index (χ2n) is 7.06. The van der Waals surface area contributed by atoms with Crippen molar-refractivity contribution in [1.82, 2.24) is 39.7 Å². The van der Waals surface area contributed by atoms with Crippen LogP contribution in [0.25, 0.3) is 16.9 Å². The molecule has 10 heteroatoms. The summed E-state index contributed by atoms with van der Waals surface area (Å²) in [7, 11) is 3.42. The highest BCUT2D eigenvalue weighted by Crippen LogP contribution is 2.26. The highest BCUT2D eigenvalue weighted by atomic mass is 16.2.